The lowest BCUT2D eigenvalue weighted by molar-refractivity contribution is 0.0724. The predicted molar refractivity (Wildman–Crippen MR) is 88.7 cm³/mol. The molecular weight excluding hydrogens is 288 g/mol. The molecule has 0 aliphatic rings. The number of carbonyl (C=O) groups excluding carboxylic acids is 1. The van der Waals surface area contributed by atoms with Gasteiger partial charge in [-0.1, -0.05) is 13.8 Å². The minimum atomic E-state index is 0. The first-order valence-electron chi connectivity index (χ1n) is 7.03. The smallest absolute Gasteiger partial charge is 0.254 e. The average Bonchev–Trinajstić information content (AvgIpc) is 2.42. The van der Waals surface area contributed by atoms with Crippen molar-refractivity contribution in [3.05, 3.63) is 29.6 Å². The Bertz CT molecular complexity index is 437. The Morgan fingerprint density at radius 2 is 2.00 bits per heavy atom. The van der Waals surface area contributed by atoms with Crippen molar-refractivity contribution in [1.29, 1.82) is 0 Å². The van der Waals surface area contributed by atoms with Gasteiger partial charge in [0.2, 0.25) is 0 Å². The van der Waals surface area contributed by atoms with Gasteiger partial charge in [-0.05, 0) is 32.1 Å². The standard InChI is InChI=1S/C15H26N4O.ClH/c1-12(2)11-19(8-7-18(3)4)15(20)13-5-6-17-14(9-13)10-16;/h5-6,9,12H,7-8,10-11,16H2,1-4H3;1H. The fourth-order valence-corrected chi connectivity index (χ4v) is 1.94. The topological polar surface area (TPSA) is 62.5 Å². The number of amides is 1. The van der Waals surface area contributed by atoms with Crippen LogP contribution >= 0.6 is 12.4 Å². The maximum absolute atomic E-state index is 12.6. The van der Waals surface area contributed by atoms with Crippen LogP contribution in [0.5, 0.6) is 0 Å². The molecule has 0 saturated heterocycles. The third-order valence-corrected chi connectivity index (χ3v) is 2.96. The van der Waals surface area contributed by atoms with E-state index >= 15 is 0 Å². The average molecular weight is 315 g/mol. The fraction of sp³-hybridized carbons (Fsp3) is 0.600. The lowest BCUT2D eigenvalue weighted by Crippen LogP contribution is -2.39. The van der Waals surface area contributed by atoms with Crippen LogP contribution in [-0.4, -0.2) is 54.4 Å². The van der Waals surface area contributed by atoms with Crippen LogP contribution in [0.4, 0.5) is 0 Å². The highest BCUT2D eigenvalue weighted by Gasteiger charge is 2.17. The van der Waals surface area contributed by atoms with Crippen LogP contribution < -0.4 is 5.73 Å². The molecule has 0 atom stereocenters. The highest BCUT2D eigenvalue weighted by atomic mass is 35.5. The van der Waals surface area contributed by atoms with Gasteiger partial charge in [0.25, 0.3) is 5.91 Å². The second-order valence-corrected chi connectivity index (χ2v) is 5.69. The van der Waals surface area contributed by atoms with Crippen LogP contribution in [0.25, 0.3) is 0 Å². The number of hydrogen-bond acceptors (Lipinski definition) is 4. The number of nitrogens with two attached hydrogens (primary N) is 1. The molecule has 0 spiro atoms. The largest absolute Gasteiger partial charge is 0.337 e. The summed E-state index contributed by atoms with van der Waals surface area (Å²) < 4.78 is 0. The second-order valence-electron chi connectivity index (χ2n) is 5.69. The van der Waals surface area contributed by atoms with Gasteiger partial charge < -0.3 is 15.5 Å². The molecule has 6 heteroatoms. The zero-order valence-corrected chi connectivity index (χ0v) is 14.2. The summed E-state index contributed by atoms with van der Waals surface area (Å²) in [6.45, 7) is 6.93. The van der Waals surface area contributed by atoms with E-state index < -0.39 is 0 Å². The monoisotopic (exact) mass is 314 g/mol. The molecule has 5 nitrogen and oxygen atoms in total. The summed E-state index contributed by atoms with van der Waals surface area (Å²) in [4.78, 5) is 20.7. The zero-order chi connectivity index (χ0) is 15.1. The Hall–Kier alpha value is -1.17. The van der Waals surface area contributed by atoms with Crippen molar-refractivity contribution < 1.29 is 4.79 Å². The van der Waals surface area contributed by atoms with Gasteiger partial charge in [-0.15, -0.1) is 12.4 Å². The van der Waals surface area contributed by atoms with Crippen LogP contribution in [0.15, 0.2) is 18.3 Å². The summed E-state index contributed by atoms with van der Waals surface area (Å²) in [7, 11) is 4.02. The zero-order valence-electron chi connectivity index (χ0n) is 13.4. The molecule has 0 fully saturated rings. The van der Waals surface area contributed by atoms with E-state index in [0.717, 1.165) is 25.3 Å². The highest BCUT2D eigenvalue weighted by Crippen LogP contribution is 2.09. The van der Waals surface area contributed by atoms with E-state index in [4.69, 9.17) is 5.73 Å². The Balaban J connectivity index is 0.00000400. The number of aromatic nitrogens is 1. The molecule has 1 aromatic rings. The molecule has 1 rings (SSSR count). The number of hydrogen-bond donors (Lipinski definition) is 1. The van der Waals surface area contributed by atoms with Gasteiger partial charge >= 0.3 is 0 Å². The molecular formula is C15H27ClN4O. The summed E-state index contributed by atoms with van der Waals surface area (Å²) in [5.41, 5.74) is 6.99. The number of rotatable bonds is 7. The van der Waals surface area contributed by atoms with Crippen LogP contribution in [0.2, 0.25) is 0 Å². The molecule has 0 radical (unpaired) electrons. The van der Waals surface area contributed by atoms with E-state index in [2.05, 4.69) is 23.7 Å². The third-order valence-electron chi connectivity index (χ3n) is 2.96. The minimum absolute atomic E-state index is 0. The summed E-state index contributed by atoms with van der Waals surface area (Å²) in [5.74, 6) is 0.495. The number of halogens is 1. The van der Waals surface area contributed by atoms with Crippen LogP contribution in [0.3, 0.4) is 0 Å². The van der Waals surface area contributed by atoms with Crippen molar-refractivity contribution in [3.63, 3.8) is 0 Å². The molecule has 0 aliphatic heterocycles. The summed E-state index contributed by atoms with van der Waals surface area (Å²) in [6.07, 6.45) is 1.65. The number of nitrogens with zero attached hydrogens (tertiary/aromatic N) is 3. The van der Waals surface area contributed by atoms with Gasteiger partial charge in [0.15, 0.2) is 0 Å². The van der Waals surface area contributed by atoms with E-state index in [1.165, 1.54) is 0 Å². The number of likely N-dealkylation sites (N-methyl/N-ethyl adjacent to an activating group) is 1. The third kappa shape index (κ3) is 6.89. The van der Waals surface area contributed by atoms with Crippen molar-refractivity contribution in [2.45, 2.75) is 20.4 Å². The molecule has 0 saturated carbocycles. The van der Waals surface area contributed by atoms with Crippen LogP contribution in [0.1, 0.15) is 29.9 Å². The Kier molecular flexibility index (Phi) is 9.17. The summed E-state index contributed by atoms with van der Waals surface area (Å²) >= 11 is 0. The lowest BCUT2D eigenvalue weighted by atomic mass is 10.1. The lowest BCUT2D eigenvalue weighted by Gasteiger charge is -2.26. The molecule has 0 unspecified atom stereocenters. The van der Waals surface area contributed by atoms with Crippen molar-refractivity contribution in [2.24, 2.45) is 11.7 Å². The molecule has 0 bridgehead atoms. The maximum atomic E-state index is 12.6. The van der Waals surface area contributed by atoms with Crippen LogP contribution in [0, 0.1) is 5.92 Å². The maximum Gasteiger partial charge on any atom is 0.254 e. The number of pyridine rings is 1. The summed E-state index contributed by atoms with van der Waals surface area (Å²) in [5, 5.41) is 0. The van der Waals surface area contributed by atoms with E-state index in [9.17, 15) is 4.79 Å². The van der Waals surface area contributed by atoms with E-state index in [1.54, 1.807) is 18.3 Å². The molecule has 120 valence electrons. The molecule has 1 aromatic heterocycles. The molecule has 1 amide bonds. The number of carbonyl (C=O) groups is 1. The van der Waals surface area contributed by atoms with E-state index in [1.807, 2.05) is 19.0 Å². The molecule has 0 aromatic carbocycles. The van der Waals surface area contributed by atoms with Gasteiger partial charge in [-0.2, -0.15) is 0 Å². The van der Waals surface area contributed by atoms with Crippen molar-refractivity contribution in [3.8, 4) is 0 Å². The first-order valence-corrected chi connectivity index (χ1v) is 7.03. The molecule has 21 heavy (non-hydrogen) atoms. The second kappa shape index (κ2) is 9.71. The fourth-order valence-electron chi connectivity index (χ4n) is 1.94. The summed E-state index contributed by atoms with van der Waals surface area (Å²) in [6, 6.07) is 3.54. The van der Waals surface area contributed by atoms with Crippen molar-refractivity contribution >= 4 is 18.3 Å². The van der Waals surface area contributed by atoms with Gasteiger partial charge in [0.05, 0.1) is 5.69 Å². The Morgan fingerprint density at radius 3 is 2.52 bits per heavy atom. The normalized spacial score (nSPS) is 10.6. The Morgan fingerprint density at radius 1 is 1.33 bits per heavy atom. The highest BCUT2D eigenvalue weighted by molar-refractivity contribution is 5.94. The minimum Gasteiger partial charge on any atom is -0.337 e. The molecule has 2 N–H and O–H groups in total. The quantitative estimate of drug-likeness (QED) is 0.831. The van der Waals surface area contributed by atoms with Gasteiger partial charge in [0, 0.05) is 37.9 Å². The predicted octanol–water partition coefficient (Wildman–Crippen LogP) is 1.62. The molecule has 0 aliphatic carbocycles. The van der Waals surface area contributed by atoms with Gasteiger partial charge in [-0.3, -0.25) is 9.78 Å². The van der Waals surface area contributed by atoms with Crippen molar-refractivity contribution in [1.82, 2.24) is 14.8 Å². The van der Waals surface area contributed by atoms with Crippen LogP contribution in [-0.2, 0) is 6.54 Å². The molecule has 1 heterocycles. The van der Waals surface area contributed by atoms with E-state index in [-0.39, 0.29) is 18.3 Å². The van der Waals surface area contributed by atoms with Gasteiger partial charge in [0.1, 0.15) is 0 Å². The SMILES string of the molecule is CC(C)CN(CCN(C)C)C(=O)c1ccnc(CN)c1.Cl. The van der Waals surface area contributed by atoms with Crippen molar-refractivity contribution in [2.75, 3.05) is 33.7 Å². The first kappa shape index (κ1) is 19.8. The first-order chi connectivity index (χ1) is 9.43. The van der Waals surface area contributed by atoms with Gasteiger partial charge in [-0.25, -0.2) is 0 Å². The van der Waals surface area contributed by atoms with E-state index in [0.29, 0.717) is 18.0 Å². The Labute approximate surface area is 133 Å².